The van der Waals surface area contributed by atoms with Crippen LogP contribution in [0.25, 0.3) is 0 Å². The van der Waals surface area contributed by atoms with Crippen LogP contribution in [0, 0.1) is 5.82 Å². The second kappa shape index (κ2) is 6.31. The van der Waals surface area contributed by atoms with Gasteiger partial charge in [0, 0.05) is 12.7 Å². The third-order valence-electron chi connectivity index (χ3n) is 3.84. The Morgan fingerprint density at radius 3 is 2.83 bits per heavy atom. The number of anilines is 2. The molecular formula is C18H17FN2O3. The highest BCUT2D eigenvalue weighted by Gasteiger charge is 2.29. The number of ether oxygens (including phenoxy) is 1. The van der Waals surface area contributed by atoms with Gasteiger partial charge in [-0.3, -0.25) is 9.59 Å². The van der Waals surface area contributed by atoms with Crippen LogP contribution in [0.3, 0.4) is 0 Å². The van der Waals surface area contributed by atoms with Crippen molar-refractivity contribution in [2.24, 2.45) is 0 Å². The number of benzene rings is 2. The number of nitrogens with zero attached hydrogens (tertiary/aromatic N) is 1. The van der Waals surface area contributed by atoms with Crippen molar-refractivity contribution in [2.75, 3.05) is 17.3 Å². The standard InChI is InChI=1S/C18H17FN2O3/c1-11-18(23)21(2)15-10-14(6-7-16(15)24-11)20-17(22)9-12-4-3-5-13(19)8-12/h3-8,10-11H,9H2,1-2H3,(H,20,22). The number of nitrogens with one attached hydrogen (secondary N) is 1. The molecule has 1 N–H and O–H groups in total. The summed E-state index contributed by atoms with van der Waals surface area (Å²) in [7, 11) is 1.67. The summed E-state index contributed by atoms with van der Waals surface area (Å²) in [5.74, 6) is -0.196. The van der Waals surface area contributed by atoms with Gasteiger partial charge in [0.25, 0.3) is 5.91 Å². The van der Waals surface area contributed by atoms with Crippen molar-refractivity contribution in [3.05, 3.63) is 53.8 Å². The van der Waals surface area contributed by atoms with E-state index in [4.69, 9.17) is 4.74 Å². The molecule has 0 fully saturated rings. The number of likely N-dealkylation sites (N-methyl/N-ethyl adjacent to an activating group) is 1. The first-order chi connectivity index (χ1) is 11.4. The fourth-order valence-corrected chi connectivity index (χ4v) is 2.63. The van der Waals surface area contributed by atoms with Crippen LogP contribution in [0.1, 0.15) is 12.5 Å². The highest BCUT2D eigenvalue weighted by molar-refractivity contribution is 6.00. The molecule has 5 nitrogen and oxygen atoms in total. The van der Waals surface area contributed by atoms with Crippen LogP contribution in [0.5, 0.6) is 5.75 Å². The van der Waals surface area contributed by atoms with Gasteiger partial charge in [0.2, 0.25) is 5.91 Å². The molecule has 1 heterocycles. The first-order valence-corrected chi connectivity index (χ1v) is 7.56. The predicted molar refractivity (Wildman–Crippen MR) is 88.7 cm³/mol. The summed E-state index contributed by atoms with van der Waals surface area (Å²) in [6, 6.07) is 11.0. The van der Waals surface area contributed by atoms with Gasteiger partial charge < -0.3 is 15.0 Å². The second-order valence-corrected chi connectivity index (χ2v) is 5.69. The van der Waals surface area contributed by atoms with Gasteiger partial charge in [-0.2, -0.15) is 0 Å². The molecule has 3 rings (SSSR count). The molecule has 1 unspecified atom stereocenters. The summed E-state index contributed by atoms with van der Waals surface area (Å²) in [5.41, 5.74) is 1.74. The number of fused-ring (bicyclic) bond motifs is 1. The van der Waals surface area contributed by atoms with E-state index >= 15 is 0 Å². The van der Waals surface area contributed by atoms with Gasteiger partial charge in [-0.25, -0.2) is 4.39 Å². The fourth-order valence-electron chi connectivity index (χ4n) is 2.63. The van der Waals surface area contributed by atoms with Crippen LogP contribution in [0.4, 0.5) is 15.8 Å². The van der Waals surface area contributed by atoms with Crippen LogP contribution in [0.2, 0.25) is 0 Å². The van der Waals surface area contributed by atoms with E-state index in [-0.39, 0.29) is 24.1 Å². The first-order valence-electron chi connectivity index (χ1n) is 7.56. The topological polar surface area (TPSA) is 58.6 Å². The van der Waals surface area contributed by atoms with E-state index in [1.807, 2.05) is 0 Å². The van der Waals surface area contributed by atoms with Crippen LogP contribution in [-0.4, -0.2) is 25.0 Å². The maximum Gasteiger partial charge on any atom is 0.267 e. The maximum absolute atomic E-state index is 13.2. The molecule has 0 bridgehead atoms. The average Bonchev–Trinajstić information content (AvgIpc) is 2.53. The van der Waals surface area contributed by atoms with Crippen molar-refractivity contribution < 1.29 is 18.7 Å². The minimum Gasteiger partial charge on any atom is -0.479 e. The normalized spacial score (nSPS) is 16.4. The molecule has 124 valence electrons. The molecular weight excluding hydrogens is 311 g/mol. The van der Waals surface area contributed by atoms with Crippen molar-refractivity contribution in [2.45, 2.75) is 19.4 Å². The molecule has 24 heavy (non-hydrogen) atoms. The van der Waals surface area contributed by atoms with E-state index < -0.39 is 6.10 Å². The zero-order chi connectivity index (χ0) is 17.3. The van der Waals surface area contributed by atoms with Crippen LogP contribution in [-0.2, 0) is 16.0 Å². The molecule has 0 radical (unpaired) electrons. The van der Waals surface area contributed by atoms with Crippen LogP contribution in [0.15, 0.2) is 42.5 Å². The Labute approximate surface area is 139 Å². The van der Waals surface area contributed by atoms with Gasteiger partial charge in [-0.05, 0) is 42.8 Å². The molecule has 2 aromatic rings. The molecule has 0 spiro atoms. The van der Waals surface area contributed by atoms with Gasteiger partial charge in [-0.15, -0.1) is 0 Å². The summed E-state index contributed by atoms with van der Waals surface area (Å²) in [4.78, 5) is 25.6. The van der Waals surface area contributed by atoms with Crippen molar-refractivity contribution >= 4 is 23.2 Å². The third-order valence-corrected chi connectivity index (χ3v) is 3.84. The Bertz CT molecular complexity index is 807. The molecule has 1 aliphatic rings. The largest absolute Gasteiger partial charge is 0.479 e. The molecule has 0 saturated heterocycles. The zero-order valence-electron chi connectivity index (χ0n) is 13.4. The number of amides is 2. The highest BCUT2D eigenvalue weighted by atomic mass is 19.1. The Morgan fingerprint density at radius 2 is 2.08 bits per heavy atom. The molecule has 2 aromatic carbocycles. The Balaban J connectivity index is 1.74. The van der Waals surface area contributed by atoms with Gasteiger partial charge in [0.05, 0.1) is 12.1 Å². The fraction of sp³-hybridized carbons (Fsp3) is 0.222. The first kappa shape index (κ1) is 16.0. The smallest absolute Gasteiger partial charge is 0.267 e. The zero-order valence-corrected chi connectivity index (χ0v) is 13.4. The Morgan fingerprint density at radius 1 is 1.29 bits per heavy atom. The molecule has 2 amide bonds. The lowest BCUT2D eigenvalue weighted by atomic mass is 10.1. The van der Waals surface area contributed by atoms with Gasteiger partial charge in [0.1, 0.15) is 11.6 Å². The summed E-state index contributed by atoms with van der Waals surface area (Å²) in [6.45, 7) is 1.69. The van der Waals surface area contributed by atoms with E-state index in [1.165, 1.54) is 17.0 Å². The minimum absolute atomic E-state index is 0.0666. The number of hydrogen-bond acceptors (Lipinski definition) is 3. The van der Waals surface area contributed by atoms with Gasteiger partial charge >= 0.3 is 0 Å². The SMILES string of the molecule is CC1Oc2ccc(NC(=O)Cc3cccc(F)c3)cc2N(C)C1=O. The Kier molecular flexibility index (Phi) is 4.20. The minimum atomic E-state index is -0.532. The van der Waals surface area contributed by atoms with Crippen LogP contribution >= 0.6 is 0 Å². The number of carbonyl (C=O) groups is 2. The average molecular weight is 328 g/mol. The molecule has 6 heteroatoms. The maximum atomic E-state index is 13.2. The van der Waals surface area contributed by atoms with E-state index in [2.05, 4.69) is 5.32 Å². The number of carbonyl (C=O) groups excluding carboxylic acids is 2. The van der Waals surface area contributed by atoms with Gasteiger partial charge in [0.15, 0.2) is 6.10 Å². The molecule has 1 aliphatic heterocycles. The number of rotatable bonds is 3. The van der Waals surface area contributed by atoms with Gasteiger partial charge in [-0.1, -0.05) is 12.1 Å². The van der Waals surface area contributed by atoms with Crippen molar-refractivity contribution in [3.63, 3.8) is 0 Å². The second-order valence-electron chi connectivity index (χ2n) is 5.69. The molecule has 0 aliphatic carbocycles. The highest BCUT2D eigenvalue weighted by Crippen LogP contribution is 2.35. The number of hydrogen-bond donors (Lipinski definition) is 1. The Hall–Kier alpha value is -2.89. The lowest BCUT2D eigenvalue weighted by molar-refractivity contribution is -0.125. The third kappa shape index (κ3) is 3.22. The summed E-state index contributed by atoms with van der Waals surface area (Å²) in [5, 5.41) is 2.75. The lowest BCUT2D eigenvalue weighted by Gasteiger charge is -2.30. The van der Waals surface area contributed by atoms with E-state index in [9.17, 15) is 14.0 Å². The predicted octanol–water partition coefficient (Wildman–Crippen LogP) is 2.75. The number of halogens is 1. The molecule has 1 atom stereocenters. The van der Waals surface area contributed by atoms with Crippen molar-refractivity contribution in [3.8, 4) is 5.75 Å². The quantitative estimate of drug-likeness (QED) is 0.942. The van der Waals surface area contributed by atoms with Crippen molar-refractivity contribution in [1.82, 2.24) is 0 Å². The van der Waals surface area contributed by atoms with E-state index in [1.54, 1.807) is 44.3 Å². The molecule has 0 aromatic heterocycles. The monoisotopic (exact) mass is 328 g/mol. The summed E-state index contributed by atoms with van der Waals surface area (Å²) < 4.78 is 18.7. The van der Waals surface area contributed by atoms with Crippen LogP contribution < -0.4 is 15.0 Å². The van der Waals surface area contributed by atoms with E-state index in [0.717, 1.165) is 0 Å². The summed E-state index contributed by atoms with van der Waals surface area (Å²) in [6.07, 6.45) is -0.465. The summed E-state index contributed by atoms with van der Waals surface area (Å²) >= 11 is 0. The lowest BCUT2D eigenvalue weighted by Crippen LogP contribution is -2.42. The molecule has 0 saturated carbocycles. The van der Waals surface area contributed by atoms with E-state index in [0.29, 0.717) is 22.7 Å². The van der Waals surface area contributed by atoms with Crippen molar-refractivity contribution in [1.29, 1.82) is 0 Å².